The van der Waals surface area contributed by atoms with Crippen molar-refractivity contribution < 1.29 is 0 Å². The lowest BCUT2D eigenvalue weighted by Crippen LogP contribution is -2.64. The van der Waals surface area contributed by atoms with Crippen molar-refractivity contribution in [2.45, 2.75) is 71.5 Å². The van der Waals surface area contributed by atoms with Crippen molar-refractivity contribution in [2.75, 3.05) is 13.1 Å². The van der Waals surface area contributed by atoms with E-state index in [9.17, 15) is 0 Å². The van der Waals surface area contributed by atoms with Crippen LogP contribution in [0.2, 0.25) is 0 Å². The number of piperazine rings is 1. The fourth-order valence-electron chi connectivity index (χ4n) is 2.69. The molecule has 0 aromatic carbocycles. The second-order valence-electron chi connectivity index (χ2n) is 5.42. The summed E-state index contributed by atoms with van der Waals surface area (Å²) in [5.74, 6) is 0. The molecule has 2 heteroatoms. The summed E-state index contributed by atoms with van der Waals surface area (Å²) in [7, 11) is 0. The van der Waals surface area contributed by atoms with E-state index in [2.05, 4.69) is 44.8 Å². The van der Waals surface area contributed by atoms with Crippen LogP contribution in [0.1, 0.15) is 53.9 Å². The molecule has 0 aromatic heterocycles. The van der Waals surface area contributed by atoms with E-state index in [0.717, 1.165) is 12.6 Å². The quantitative estimate of drug-likeness (QED) is 0.770. The largest absolute Gasteiger partial charge is 0.311 e. The molecule has 0 spiro atoms. The molecule has 0 aromatic rings. The van der Waals surface area contributed by atoms with E-state index in [1.807, 2.05) is 0 Å². The Balaban J connectivity index is 2.71. The third-order valence-electron chi connectivity index (χ3n) is 3.89. The molecule has 90 valence electrons. The Hall–Kier alpha value is -0.0800. The normalized spacial score (nSPS) is 27.2. The van der Waals surface area contributed by atoms with E-state index in [0.29, 0.717) is 11.6 Å². The lowest BCUT2D eigenvalue weighted by molar-refractivity contribution is 0.0209. The second-order valence-corrected chi connectivity index (χ2v) is 5.42. The zero-order chi connectivity index (χ0) is 11.5. The summed E-state index contributed by atoms with van der Waals surface area (Å²) in [5, 5.41) is 3.65. The van der Waals surface area contributed by atoms with Crippen molar-refractivity contribution in [3.63, 3.8) is 0 Å². The van der Waals surface area contributed by atoms with E-state index >= 15 is 0 Å². The highest BCUT2D eigenvalue weighted by atomic mass is 15.3. The van der Waals surface area contributed by atoms with Crippen molar-refractivity contribution in [1.82, 2.24) is 10.2 Å². The molecule has 0 bridgehead atoms. The Bertz CT molecular complexity index is 185. The predicted octanol–water partition coefficient (Wildman–Crippen LogP) is 2.64. The average molecular weight is 212 g/mol. The molecule has 1 unspecified atom stereocenters. The Morgan fingerprint density at radius 1 is 1.27 bits per heavy atom. The topological polar surface area (TPSA) is 15.3 Å². The Labute approximate surface area is 95.4 Å². The van der Waals surface area contributed by atoms with Crippen LogP contribution >= 0.6 is 0 Å². The van der Waals surface area contributed by atoms with Crippen molar-refractivity contribution in [2.24, 2.45) is 0 Å². The molecule has 1 aliphatic heterocycles. The van der Waals surface area contributed by atoms with Gasteiger partial charge in [0.25, 0.3) is 0 Å². The highest BCUT2D eigenvalue weighted by Crippen LogP contribution is 2.25. The highest BCUT2D eigenvalue weighted by Gasteiger charge is 2.36. The summed E-state index contributed by atoms with van der Waals surface area (Å²) in [6.45, 7) is 14.0. The minimum Gasteiger partial charge on any atom is -0.311 e. The van der Waals surface area contributed by atoms with Crippen molar-refractivity contribution in [3.8, 4) is 0 Å². The molecule has 1 rings (SSSR count). The Kier molecular flexibility index (Phi) is 4.60. The van der Waals surface area contributed by atoms with Gasteiger partial charge in [0.1, 0.15) is 0 Å². The fourth-order valence-corrected chi connectivity index (χ4v) is 2.69. The number of hydrogen-bond acceptors (Lipinski definition) is 2. The van der Waals surface area contributed by atoms with Crippen LogP contribution in [-0.4, -0.2) is 35.6 Å². The van der Waals surface area contributed by atoms with Gasteiger partial charge >= 0.3 is 0 Å². The molecule has 0 radical (unpaired) electrons. The molecule has 0 aliphatic carbocycles. The van der Waals surface area contributed by atoms with Crippen LogP contribution in [0.3, 0.4) is 0 Å². The van der Waals surface area contributed by atoms with Crippen molar-refractivity contribution in [1.29, 1.82) is 0 Å². The van der Waals surface area contributed by atoms with Gasteiger partial charge in [-0.3, -0.25) is 4.90 Å². The van der Waals surface area contributed by atoms with Crippen LogP contribution in [0.25, 0.3) is 0 Å². The molecule has 1 heterocycles. The van der Waals surface area contributed by atoms with Crippen LogP contribution in [0.4, 0.5) is 0 Å². The van der Waals surface area contributed by atoms with Gasteiger partial charge in [0.2, 0.25) is 0 Å². The summed E-state index contributed by atoms with van der Waals surface area (Å²) in [4.78, 5) is 2.72. The molecular formula is C13H28N2. The van der Waals surface area contributed by atoms with Gasteiger partial charge in [-0.25, -0.2) is 0 Å². The van der Waals surface area contributed by atoms with Crippen LogP contribution in [-0.2, 0) is 0 Å². The predicted molar refractivity (Wildman–Crippen MR) is 67.2 cm³/mol. The number of nitrogens with one attached hydrogen (secondary N) is 1. The maximum absolute atomic E-state index is 3.65. The summed E-state index contributed by atoms with van der Waals surface area (Å²) in [5.41, 5.74) is 0.322. The van der Waals surface area contributed by atoms with Gasteiger partial charge in [-0.1, -0.05) is 20.8 Å². The third-order valence-corrected chi connectivity index (χ3v) is 3.89. The molecule has 0 saturated carbocycles. The minimum absolute atomic E-state index is 0.322. The Morgan fingerprint density at radius 3 is 2.33 bits per heavy atom. The first kappa shape index (κ1) is 13.0. The first-order valence-corrected chi connectivity index (χ1v) is 6.55. The molecule has 0 amide bonds. The summed E-state index contributed by atoms with van der Waals surface area (Å²) in [6, 6.07) is 1.45. The van der Waals surface area contributed by atoms with Gasteiger partial charge in [0, 0.05) is 30.7 Å². The highest BCUT2D eigenvalue weighted by molar-refractivity contribution is 4.95. The monoisotopic (exact) mass is 212 g/mol. The van der Waals surface area contributed by atoms with Crippen molar-refractivity contribution >= 4 is 0 Å². The molecular weight excluding hydrogens is 184 g/mol. The van der Waals surface area contributed by atoms with Crippen LogP contribution in [0.15, 0.2) is 0 Å². The third kappa shape index (κ3) is 2.94. The lowest BCUT2D eigenvalue weighted by atomic mass is 9.92. The molecule has 1 atom stereocenters. The first-order chi connectivity index (χ1) is 7.05. The van der Waals surface area contributed by atoms with Gasteiger partial charge in [0.05, 0.1) is 0 Å². The summed E-state index contributed by atoms with van der Waals surface area (Å²) < 4.78 is 0. The first-order valence-electron chi connectivity index (χ1n) is 6.55. The second kappa shape index (κ2) is 5.31. The number of nitrogens with zero attached hydrogens (tertiary/aromatic N) is 1. The molecule has 1 saturated heterocycles. The maximum atomic E-state index is 3.65. The maximum Gasteiger partial charge on any atom is 0.0281 e. The van der Waals surface area contributed by atoms with E-state index in [1.165, 1.54) is 25.8 Å². The van der Waals surface area contributed by atoms with Gasteiger partial charge in [0.15, 0.2) is 0 Å². The van der Waals surface area contributed by atoms with E-state index < -0.39 is 0 Å². The fraction of sp³-hybridized carbons (Fsp3) is 1.00. The van der Waals surface area contributed by atoms with Gasteiger partial charge in [-0.15, -0.1) is 0 Å². The van der Waals surface area contributed by atoms with Gasteiger partial charge < -0.3 is 5.32 Å². The van der Waals surface area contributed by atoms with E-state index in [4.69, 9.17) is 0 Å². The van der Waals surface area contributed by atoms with Crippen LogP contribution in [0.5, 0.6) is 0 Å². The molecule has 1 fully saturated rings. The lowest BCUT2D eigenvalue weighted by Gasteiger charge is -2.49. The zero-order valence-corrected chi connectivity index (χ0v) is 11.1. The van der Waals surface area contributed by atoms with Crippen molar-refractivity contribution in [3.05, 3.63) is 0 Å². The zero-order valence-electron chi connectivity index (χ0n) is 11.1. The van der Waals surface area contributed by atoms with E-state index in [-0.39, 0.29) is 0 Å². The number of rotatable bonds is 4. The summed E-state index contributed by atoms with van der Waals surface area (Å²) >= 11 is 0. The van der Waals surface area contributed by atoms with Crippen LogP contribution in [0, 0.1) is 0 Å². The average Bonchev–Trinajstić information content (AvgIpc) is 2.22. The van der Waals surface area contributed by atoms with E-state index in [1.54, 1.807) is 0 Å². The molecule has 1 N–H and O–H groups in total. The van der Waals surface area contributed by atoms with Gasteiger partial charge in [-0.05, 0) is 33.1 Å². The minimum atomic E-state index is 0.322. The molecule has 15 heavy (non-hydrogen) atoms. The number of hydrogen-bond donors (Lipinski definition) is 1. The summed E-state index contributed by atoms with van der Waals surface area (Å²) in [6.07, 6.45) is 3.79. The van der Waals surface area contributed by atoms with Crippen LogP contribution < -0.4 is 5.32 Å². The smallest absolute Gasteiger partial charge is 0.0281 e. The molecule has 2 nitrogen and oxygen atoms in total. The Morgan fingerprint density at radius 2 is 1.87 bits per heavy atom. The standard InChI is InChI=1S/C13H28N2/c1-6-11-9-15(12(7-2)8-3)13(4,5)10-14-11/h11-12,14H,6-10H2,1-5H3. The molecule has 1 aliphatic rings. The van der Waals surface area contributed by atoms with Gasteiger partial charge in [-0.2, -0.15) is 0 Å². The SMILES string of the molecule is CCC1CN(C(CC)CC)C(C)(C)CN1.